The highest BCUT2D eigenvalue weighted by Gasteiger charge is 2.33. The zero-order chi connectivity index (χ0) is 18.0. The molecule has 0 atom stereocenters. The molecule has 1 aromatic carbocycles. The van der Waals surface area contributed by atoms with Gasteiger partial charge in [-0.2, -0.15) is 5.10 Å². The summed E-state index contributed by atoms with van der Waals surface area (Å²) in [6, 6.07) is 7.88. The molecular weight excluding hydrogens is 316 g/mol. The second-order valence-corrected chi connectivity index (χ2v) is 6.90. The maximum absolute atomic E-state index is 12.7. The van der Waals surface area contributed by atoms with Crippen LogP contribution >= 0.6 is 0 Å². The third-order valence-electron chi connectivity index (χ3n) is 4.53. The van der Waals surface area contributed by atoms with E-state index in [0.717, 1.165) is 29.9 Å². The number of rotatable bonds is 7. The fraction of sp³-hybridized carbons (Fsp3) is 0.474. The van der Waals surface area contributed by atoms with E-state index in [2.05, 4.69) is 24.3 Å². The molecule has 0 spiro atoms. The van der Waals surface area contributed by atoms with E-state index in [1.54, 1.807) is 6.20 Å². The van der Waals surface area contributed by atoms with Crippen molar-refractivity contribution in [1.29, 1.82) is 0 Å². The van der Waals surface area contributed by atoms with Crippen LogP contribution in [-0.2, 0) is 0 Å². The molecule has 0 unspecified atom stereocenters. The van der Waals surface area contributed by atoms with Gasteiger partial charge >= 0.3 is 0 Å². The van der Waals surface area contributed by atoms with E-state index in [9.17, 15) is 4.79 Å². The maximum atomic E-state index is 12.7. The van der Waals surface area contributed by atoms with Gasteiger partial charge in [-0.25, -0.2) is 0 Å². The van der Waals surface area contributed by atoms with Crippen molar-refractivity contribution < 1.29 is 9.90 Å². The normalized spacial score (nSPS) is 14.0. The summed E-state index contributed by atoms with van der Waals surface area (Å²) in [6.45, 7) is 4.86. The minimum atomic E-state index is -0.106. The van der Waals surface area contributed by atoms with Crippen LogP contribution in [0.1, 0.15) is 54.7 Å². The summed E-state index contributed by atoms with van der Waals surface area (Å²) < 4.78 is 1.97. The third-order valence-corrected chi connectivity index (χ3v) is 4.53. The minimum absolute atomic E-state index is 0.106. The predicted octanol–water partition coefficient (Wildman–Crippen LogP) is 3.02. The van der Waals surface area contributed by atoms with Crippen LogP contribution in [-0.4, -0.2) is 41.0 Å². The number of hydrogen-bond donors (Lipinski definition) is 2. The zero-order valence-electron chi connectivity index (χ0n) is 15.1. The first-order valence-electron chi connectivity index (χ1n) is 8.82. The number of benzene rings is 1. The molecule has 1 saturated carbocycles. The summed E-state index contributed by atoms with van der Waals surface area (Å²) in [4.78, 5) is 14.7. The Balaban J connectivity index is 1.74. The second kappa shape index (κ2) is 7.27. The predicted molar refractivity (Wildman–Crippen MR) is 99.3 cm³/mol. The molecule has 6 nitrogen and oxygen atoms in total. The first-order valence-corrected chi connectivity index (χ1v) is 8.82. The molecule has 0 saturated heterocycles. The second-order valence-electron chi connectivity index (χ2n) is 6.90. The van der Waals surface area contributed by atoms with Crippen LogP contribution in [0.4, 0.5) is 11.4 Å². The summed E-state index contributed by atoms with van der Waals surface area (Å²) in [5, 5.41) is 16.4. The molecular formula is C19H26N4O2. The SMILES string of the molecule is CC(C)n1ncc(C(=O)Nc2ccc(N(C)CCO)cc2)c1C1CC1. The molecule has 1 aliphatic carbocycles. The Labute approximate surface area is 148 Å². The third kappa shape index (κ3) is 3.85. The lowest BCUT2D eigenvalue weighted by atomic mass is 10.1. The molecule has 1 heterocycles. The average molecular weight is 342 g/mol. The quantitative estimate of drug-likeness (QED) is 0.811. The lowest BCUT2D eigenvalue weighted by Gasteiger charge is -2.18. The van der Waals surface area contributed by atoms with Gasteiger partial charge in [0.2, 0.25) is 0 Å². The first-order chi connectivity index (χ1) is 12.0. The number of nitrogens with zero attached hydrogens (tertiary/aromatic N) is 3. The molecule has 1 aromatic heterocycles. The molecule has 3 rings (SSSR count). The van der Waals surface area contributed by atoms with Crippen LogP contribution in [0, 0.1) is 0 Å². The van der Waals surface area contributed by atoms with E-state index in [1.807, 2.05) is 40.9 Å². The number of hydrogen-bond acceptors (Lipinski definition) is 4. The van der Waals surface area contributed by atoms with E-state index in [4.69, 9.17) is 5.11 Å². The number of aliphatic hydroxyl groups excluding tert-OH is 1. The van der Waals surface area contributed by atoms with E-state index in [0.29, 0.717) is 18.0 Å². The summed E-state index contributed by atoms with van der Waals surface area (Å²) in [5.41, 5.74) is 3.49. The van der Waals surface area contributed by atoms with Gasteiger partial charge in [0.25, 0.3) is 5.91 Å². The Morgan fingerprint density at radius 2 is 2.04 bits per heavy atom. The van der Waals surface area contributed by atoms with E-state index in [1.165, 1.54) is 0 Å². The van der Waals surface area contributed by atoms with Crippen molar-refractivity contribution in [3.63, 3.8) is 0 Å². The van der Waals surface area contributed by atoms with Gasteiger partial charge in [-0.15, -0.1) is 0 Å². The minimum Gasteiger partial charge on any atom is -0.395 e. The molecule has 1 amide bonds. The smallest absolute Gasteiger partial charge is 0.259 e. The Morgan fingerprint density at radius 3 is 2.60 bits per heavy atom. The van der Waals surface area contributed by atoms with Crippen LogP contribution in [0.25, 0.3) is 0 Å². The van der Waals surface area contributed by atoms with Gasteiger partial charge in [0.05, 0.1) is 24.1 Å². The Bertz CT molecular complexity index is 732. The van der Waals surface area contributed by atoms with E-state index < -0.39 is 0 Å². The number of aromatic nitrogens is 2. The summed E-state index contributed by atoms with van der Waals surface area (Å²) in [7, 11) is 1.92. The van der Waals surface area contributed by atoms with Gasteiger partial charge in [0.15, 0.2) is 0 Å². The van der Waals surface area contributed by atoms with Gasteiger partial charge in [0.1, 0.15) is 0 Å². The Hall–Kier alpha value is -2.34. The number of nitrogens with one attached hydrogen (secondary N) is 1. The maximum Gasteiger partial charge on any atom is 0.259 e. The number of carbonyl (C=O) groups is 1. The molecule has 134 valence electrons. The van der Waals surface area contributed by atoms with Crippen LogP contribution in [0.15, 0.2) is 30.5 Å². The molecule has 0 bridgehead atoms. The van der Waals surface area contributed by atoms with Gasteiger partial charge in [0, 0.05) is 36.9 Å². The van der Waals surface area contributed by atoms with Gasteiger partial charge in [-0.1, -0.05) is 0 Å². The highest BCUT2D eigenvalue weighted by molar-refractivity contribution is 6.05. The lowest BCUT2D eigenvalue weighted by Crippen LogP contribution is -2.21. The van der Waals surface area contributed by atoms with Crippen LogP contribution in [0.2, 0.25) is 0 Å². The number of aliphatic hydroxyl groups is 1. The Kier molecular flexibility index (Phi) is 5.08. The number of likely N-dealkylation sites (N-methyl/N-ethyl adjacent to an activating group) is 1. The highest BCUT2D eigenvalue weighted by atomic mass is 16.3. The van der Waals surface area contributed by atoms with Crippen molar-refractivity contribution in [2.75, 3.05) is 30.4 Å². The molecule has 2 aromatic rings. The molecule has 0 aliphatic heterocycles. The summed E-state index contributed by atoms with van der Waals surface area (Å²) >= 11 is 0. The largest absolute Gasteiger partial charge is 0.395 e. The zero-order valence-corrected chi connectivity index (χ0v) is 15.1. The van der Waals surface area contributed by atoms with Crippen LogP contribution in [0.3, 0.4) is 0 Å². The number of amides is 1. The highest BCUT2D eigenvalue weighted by Crippen LogP contribution is 2.42. The molecule has 1 fully saturated rings. The van der Waals surface area contributed by atoms with Crippen molar-refractivity contribution in [3.8, 4) is 0 Å². The fourth-order valence-electron chi connectivity index (χ4n) is 3.00. The van der Waals surface area contributed by atoms with Gasteiger partial charge in [-0.3, -0.25) is 9.48 Å². The molecule has 1 aliphatic rings. The molecule has 25 heavy (non-hydrogen) atoms. The molecule has 6 heteroatoms. The molecule has 2 N–H and O–H groups in total. The first kappa shape index (κ1) is 17.5. The average Bonchev–Trinajstić information content (AvgIpc) is 3.33. The van der Waals surface area contributed by atoms with Gasteiger partial charge < -0.3 is 15.3 Å². The van der Waals surface area contributed by atoms with Gasteiger partial charge in [-0.05, 0) is 51.0 Å². The summed E-state index contributed by atoms with van der Waals surface area (Å²) in [6.07, 6.45) is 3.95. The lowest BCUT2D eigenvalue weighted by molar-refractivity contribution is 0.102. The summed E-state index contributed by atoms with van der Waals surface area (Å²) in [5.74, 6) is 0.352. The topological polar surface area (TPSA) is 70.4 Å². The van der Waals surface area contributed by atoms with Crippen LogP contribution in [0.5, 0.6) is 0 Å². The van der Waals surface area contributed by atoms with Crippen molar-refractivity contribution in [1.82, 2.24) is 9.78 Å². The van der Waals surface area contributed by atoms with E-state index >= 15 is 0 Å². The van der Waals surface area contributed by atoms with Crippen LogP contribution < -0.4 is 10.2 Å². The molecule has 0 radical (unpaired) electrons. The van der Waals surface area contributed by atoms with Crippen molar-refractivity contribution in [2.24, 2.45) is 0 Å². The number of carbonyl (C=O) groups excluding carboxylic acids is 1. The standard InChI is InChI=1S/C19H26N4O2/c1-13(2)23-18(14-4-5-14)17(12-20-23)19(25)21-15-6-8-16(9-7-15)22(3)10-11-24/h6-9,12-14,24H,4-5,10-11H2,1-3H3,(H,21,25). The number of anilines is 2. The fourth-order valence-corrected chi connectivity index (χ4v) is 3.00. The van der Waals surface area contributed by atoms with Crippen molar-refractivity contribution in [2.45, 2.75) is 38.6 Å². The van der Waals surface area contributed by atoms with Crippen molar-refractivity contribution >= 4 is 17.3 Å². The van der Waals surface area contributed by atoms with Crippen molar-refractivity contribution in [3.05, 3.63) is 41.7 Å². The van der Waals surface area contributed by atoms with E-state index in [-0.39, 0.29) is 18.6 Å². The monoisotopic (exact) mass is 342 g/mol. The Morgan fingerprint density at radius 1 is 1.36 bits per heavy atom.